The quantitative estimate of drug-likeness (QED) is 0.862. The number of methoxy groups -OCH3 is 2. The Morgan fingerprint density at radius 1 is 1.17 bits per heavy atom. The number of ether oxygens (including phenoxy) is 3. The number of hydrazone groups is 1. The lowest BCUT2D eigenvalue weighted by molar-refractivity contribution is -0.135. The second kappa shape index (κ2) is 6.57. The van der Waals surface area contributed by atoms with Gasteiger partial charge < -0.3 is 14.2 Å². The van der Waals surface area contributed by atoms with Crippen molar-refractivity contribution in [2.45, 2.75) is 13.2 Å². The third kappa shape index (κ3) is 2.76. The van der Waals surface area contributed by atoms with Crippen molar-refractivity contribution in [1.82, 2.24) is 9.99 Å². The molecule has 124 valence electrons. The Balaban J connectivity index is 2.02. The van der Waals surface area contributed by atoms with Gasteiger partial charge in [-0.15, -0.1) is 5.10 Å². The zero-order valence-electron chi connectivity index (χ0n) is 13.6. The van der Waals surface area contributed by atoms with Gasteiger partial charge in [-0.05, 0) is 24.3 Å². The average Bonchev–Trinajstić information content (AvgIpc) is 3.07. The molecule has 0 fully saturated rings. The molecule has 1 aliphatic rings. The summed E-state index contributed by atoms with van der Waals surface area (Å²) in [5.41, 5.74) is 1.39. The summed E-state index contributed by atoms with van der Waals surface area (Å²) in [7, 11) is 3.10. The molecule has 0 aliphatic carbocycles. The third-order valence-electron chi connectivity index (χ3n) is 3.59. The molecule has 7 heteroatoms. The van der Waals surface area contributed by atoms with E-state index in [1.165, 1.54) is 11.9 Å². The van der Waals surface area contributed by atoms with E-state index in [0.717, 1.165) is 5.56 Å². The number of hydrogen-bond donors (Lipinski definition) is 0. The van der Waals surface area contributed by atoms with Crippen molar-refractivity contribution in [2.24, 2.45) is 5.10 Å². The van der Waals surface area contributed by atoms with E-state index in [4.69, 9.17) is 14.2 Å². The highest BCUT2D eigenvalue weighted by Crippen LogP contribution is 2.40. The molecule has 0 N–H and O–H groups in total. The van der Waals surface area contributed by atoms with Crippen LogP contribution in [0.4, 0.5) is 0 Å². The molecule has 7 nitrogen and oxygen atoms in total. The Morgan fingerprint density at radius 2 is 1.92 bits per heavy atom. The molecule has 1 amide bonds. The van der Waals surface area contributed by atoms with Crippen LogP contribution in [0.3, 0.4) is 0 Å². The lowest BCUT2D eigenvalue weighted by Crippen LogP contribution is -2.25. The minimum atomic E-state index is -0.726. The minimum absolute atomic E-state index is 0.242. The van der Waals surface area contributed by atoms with E-state index in [-0.39, 0.29) is 5.91 Å². The van der Waals surface area contributed by atoms with E-state index in [1.54, 1.807) is 44.8 Å². The molecule has 1 unspecified atom stereocenters. The number of nitrogens with zero attached hydrogens (tertiary/aromatic N) is 3. The lowest BCUT2D eigenvalue weighted by Gasteiger charge is -2.22. The van der Waals surface area contributed by atoms with Crippen LogP contribution < -0.4 is 9.47 Å². The number of carbonyl (C=O) groups excluding carboxylic acids is 1. The Hall–Kier alpha value is -3.09. The van der Waals surface area contributed by atoms with Crippen molar-refractivity contribution >= 4 is 11.8 Å². The van der Waals surface area contributed by atoms with Crippen LogP contribution in [0.2, 0.25) is 0 Å². The maximum Gasteiger partial charge on any atom is 0.243 e. The van der Waals surface area contributed by atoms with E-state index in [2.05, 4.69) is 10.1 Å². The topological polar surface area (TPSA) is 73.3 Å². The number of benzene rings is 1. The monoisotopic (exact) mass is 327 g/mol. The fourth-order valence-electron chi connectivity index (χ4n) is 2.49. The number of carbonyl (C=O) groups is 1. The van der Waals surface area contributed by atoms with Gasteiger partial charge in [-0.2, -0.15) is 5.01 Å². The van der Waals surface area contributed by atoms with Crippen LogP contribution in [0, 0.1) is 0 Å². The Morgan fingerprint density at radius 3 is 2.54 bits per heavy atom. The van der Waals surface area contributed by atoms with E-state index in [9.17, 15) is 4.79 Å². The Labute approximate surface area is 139 Å². The highest BCUT2D eigenvalue weighted by molar-refractivity contribution is 5.96. The molecule has 0 bridgehead atoms. The third-order valence-corrected chi connectivity index (χ3v) is 3.59. The summed E-state index contributed by atoms with van der Waals surface area (Å²) in [6, 6.07) is 8.93. The second-order valence-corrected chi connectivity index (χ2v) is 5.06. The first-order valence-electron chi connectivity index (χ1n) is 7.32. The van der Waals surface area contributed by atoms with Crippen molar-refractivity contribution in [2.75, 3.05) is 14.2 Å². The molecule has 2 heterocycles. The first kappa shape index (κ1) is 15.8. The molecule has 0 spiro atoms. The number of hydrogen-bond acceptors (Lipinski definition) is 6. The molecule has 1 atom stereocenters. The predicted molar refractivity (Wildman–Crippen MR) is 86.7 cm³/mol. The van der Waals surface area contributed by atoms with Gasteiger partial charge in [0.2, 0.25) is 18.0 Å². The van der Waals surface area contributed by atoms with Crippen LogP contribution in [0.15, 0.2) is 47.8 Å². The molecule has 2 aromatic rings. The SMILES string of the molecule is COc1cccc(C2OC(c3ccncc3)=NN2C(C)=O)c1OC. The maximum atomic E-state index is 12.0. The molecule has 3 rings (SSSR count). The van der Waals surface area contributed by atoms with Gasteiger partial charge in [-0.25, -0.2) is 0 Å². The Kier molecular flexibility index (Phi) is 4.33. The summed E-state index contributed by atoms with van der Waals surface area (Å²) < 4.78 is 16.7. The molecule has 24 heavy (non-hydrogen) atoms. The summed E-state index contributed by atoms with van der Waals surface area (Å²) in [5.74, 6) is 1.17. The van der Waals surface area contributed by atoms with Crippen molar-refractivity contribution in [3.05, 3.63) is 53.9 Å². The fraction of sp³-hybridized carbons (Fsp3) is 0.235. The largest absolute Gasteiger partial charge is 0.493 e. The minimum Gasteiger partial charge on any atom is -0.493 e. The first-order valence-corrected chi connectivity index (χ1v) is 7.32. The highest BCUT2D eigenvalue weighted by Gasteiger charge is 2.35. The van der Waals surface area contributed by atoms with Crippen molar-refractivity contribution in [3.63, 3.8) is 0 Å². The summed E-state index contributed by atoms with van der Waals surface area (Å²) in [4.78, 5) is 16.0. The normalized spacial score (nSPS) is 16.4. The van der Waals surface area contributed by atoms with Crippen LogP contribution in [-0.2, 0) is 9.53 Å². The summed E-state index contributed by atoms with van der Waals surface area (Å²) in [5, 5.41) is 5.59. The van der Waals surface area contributed by atoms with E-state index >= 15 is 0 Å². The second-order valence-electron chi connectivity index (χ2n) is 5.06. The van der Waals surface area contributed by atoms with E-state index < -0.39 is 6.23 Å². The predicted octanol–water partition coefficient (Wildman–Crippen LogP) is 2.34. The first-order chi connectivity index (χ1) is 11.7. The molecular weight excluding hydrogens is 310 g/mol. The average molecular weight is 327 g/mol. The van der Waals surface area contributed by atoms with Gasteiger partial charge >= 0.3 is 0 Å². The summed E-state index contributed by atoms with van der Waals surface area (Å²) in [6.45, 7) is 1.43. The zero-order chi connectivity index (χ0) is 17.1. The molecule has 1 aromatic heterocycles. The number of aromatic nitrogens is 1. The highest BCUT2D eigenvalue weighted by atomic mass is 16.5. The van der Waals surface area contributed by atoms with Crippen LogP contribution in [0.1, 0.15) is 24.3 Å². The lowest BCUT2D eigenvalue weighted by atomic mass is 10.1. The summed E-state index contributed by atoms with van der Waals surface area (Å²) in [6.07, 6.45) is 2.55. The standard InChI is InChI=1S/C17H17N3O4/c1-11(21)20-17(13-5-4-6-14(22-2)15(13)23-3)24-16(19-20)12-7-9-18-10-8-12/h4-10,17H,1-3H3. The van der Waals surface area contributed by atoms with Crippen LogP contribution in [0.5, 0.6) is 11.5 Å². The van der Waals surface area contributed by atoms with E-state index in [1.807, 2.05) is 12.1 Å². The molecule has 1 aliphatic heterocycles. The van der Waals surface area contributed by atoms with Gasteiger partial charge in [0, 0.05) is 24.9 Å². The summed E-state index contributed by atoms with van der Waals surface area (Å²) >= 11 is 0. The van der Waals surface area contributed by atoms with Crippen molar-refractivity contribution < 1.29 is 19.0 Å². The molecule has 1 aromatic carbocycles. The van der Waals surface area contributed by atoms with Gasteiger partial charge in [0.1, 0.15) is 0 Å². The van der Waals surface area contributed by atoms with Crippen LogP contribution >= 0.6 is 0 Å². The molecule has 0 saturated carbocycles. The fourth-order valence-corrected chi connectivity index (χ4v) is 2.49. The molecule has 0 radical (unpaired) electrons. The number of pyridine rings is 1. The van der Waals surface area contributed by atoms with Gasteiger partial charge in [0.25, 0.3) is 0 Å². The number of rotatable bonds is 4. The maximum absolute atomic E-state index is 12.0. The zero-order valence-corrected chi connectivity index (χ0v) is 13.6. The van der Waals surface area contributed by atoms with Gasteiger partial charge in [0.15, 0.2) is 11.5 Å². The van der Waals surface area contributed by atoms with Crippen LogP contribution in [-0.4, -0.2) is 36.0 Å². The van der Waals surface area contributed by atoms with Crippen molar-refractivity contribution in [3.8, 4) is 11.5 Å². The van der Waals surface area contributed by atoms with Gasteiger partial charge in [0.05, 0.1) is 19.8 Å². The smallest absolute Gasteiger partial charge is 0.243 e. The van der Waals surface area contributed by atoms with E-state index in [0.29, 0.717) is 23.0 Å². The van der Waals surface area contributed by atoms with Gasteiger partial charge in [-0.3, -0.25) is 9.78 Å². The molecule has 0 saturated heterocycles. The van der Waals surface area contributed by atoms with Gasteiger partial charge in [-0.1, -0.05) is 6.07 Å². The number of para-hydroxylation sites is 1. The number of amides is 1. The van der Waals surface area contributed by atoms with Crippen LogP contribution in [0.25, 0.3) is 0 Å². The Bertz CT molecular complexity index is 777. The molecular formula is C17H17N3O4. The van der Waals surface area contributed by atoms with Crippen molar-refractivity contribution in [1.29, 1.82) is 0 Å².